The van der Waals surface area contributed by atoms with Crippen LogP contribution in [0.1, 0.15) is 49.7 Å². The van der Waals surface area contributed by atoms with Crippen LogP contribution in [0.25, 0.3) is 0 Å². The zero-order chi connectivity index (χ0) is 20.0. The maximum atomic E-state index is 12.4. The fourth-order valence-corrected chi connectivity index (χ4v) is 7.32. The highest BCUT2D eigenvalue weighted by Crippen LogP contribution is 2.67. The summed E-state index contributed by atoms with van der Waals surface area (Å²) in [5.41, 5.74) is 0.672. The first-order chi connectivity index (χ1) is 14.0. The molecular formula is C23H31NO5. The van der Waals surface area contributed by atoms with Crippen LogP contribution in [0.15, 0.2) is 12.1 Å². The van der Waals surface area contributed by atoms with Gasteiger partial charge in [0.25, 0.3) is 0 Å². The first-order valence-electron chi connectivity index (χ1n) is 11.1. The zero-order valence-electron chi connectivity index (χ0n) is 17.3. The molecule has 29 heavy (non-hydrogen) atoms. The van der Waals surface area contributed by atoms with E-state index in [0.717, 1.165) is 37.4 Å². The van der Waals surface area contributed by atoms with E-state index in [1.165, 1.54) is 24.8 Å². The van der Waals surface area contributed by atoms with Crippen molar-refractivity contribution in [2.45, 2.75) is 73.9 Å². The van der Waals surface area contributed by atoms with Crippen LogP contribution >= 0.6 is 0 Å². The van der Waals surface area contributed by atoms with E-state index in [1.54, 1.807) is 20.3 Å². The molecule has 3 aliphatic carbocycles. The third-order valence-electron chi connectivity index (χ3n) is 8.99. The molecule has 4 atom stereocenters. The van der Waals surface area contributed by atoms with Crippen molar-refractivity contribution in [2.24, 2.45) is 5.92 Å². The first kappa shape index (κ1) is 18.4. The largest absolute Gasteiger partial charge is 0.504 e. The predicted molar refractivity (Wildman–Crippen MR) is 106 cm³/mol. The Balaban J connectivity index is 1.53. The average molecular weight is 402 g/mol. The smallest absolute Gasteiger partial charge is 0.206 e. The van der Waals surface area contributed by atoms with Crippen LogP contribution in [0, 0.1) is 5.92 Å². The Bertz CT molecular complexity index is 850. The lowest BCUT2D eigenvalue weighted by Crippen LogP contribution is -2.79. The molecule has 1 aromatic rings. The van der Waals surface area contributed by atoms with Gasteiger partial charge in [-0.15, -0.1) is 0 Å². The molecule has 2 N–H and O–H groups in total. The van der Waals surface area contributed by atoms with Gasteiger partial charge in [-0.1, -0.05) is 12.5 Å². The summed E-state index contributed by atoms with van der Waals surface area (Å²) in [6, 6.07) is 3.83. The molecule has 6 rings (SSSR count). The number of rotatable bonds is 4. The normalized spacial score (nSPS) is 39.6. The van der Waals surface area contributed by atoms with Crippen molar-refractivity contribution < 1.29 is 24.4 Å². The molecule has 1 unspecified atom stereocenters. The maximum absolute atomic E-state index is 12.4. The lowest BCUT2D eigenvalue weighted by Gasteiger charge is -2.65. The van der Waals surface area contributed by atoms with Gasteiger partial charge in [-0.3, -0.25) is 4.90 Å². The van der Waals surface area contributed by atoms with Crippen LogP contribution in [0.3, 0.4) is 0 Å². The number of phenolic OH excluding ortho intramolecular Hbond substituents is 1. The molecule has 2 heterocycles. The highest BCUT2D eigenvalue weighted by atomic mass is 16.7. The van der Waals surface area contributed by atoms with Crippen LogP contribution in [0.4, 0.5) is 0 Å². The number of phenols is 1. The van der Waals surface area contributed by atoms with Gasteiger partial charge in [0.1, 0.15) is 0 Å². The second kappa shape index (κ2) is 5.88. The maximum Gasteiger partial charge on any atom is 0.206 e. The molecular weight excluding hydrogens is 370 g/mol. The number of benzene rings is 1. The molecule has 158 valence electrons. The summed E-state index contributed by atoms with van der Waals surface area (Å²) in [5, 5.41) is 23.0. The number of aromatic hydroxyl groups is 1. The van der Waals surface area contributed by atoms with Gasteiger partial charge < -0.3 is 24.4 Å². The Morgan fingerprint density at radius 1 is 1.17 bits per heavy atom. The van der Waals surface area contributed by atoms with Crippen molar-refractivity contribution in [3.63, 3.8) is 0 Å². The minimum absolute atomic E-state index is 0.0673. The molecule has 2 saturated carbocycles. The van der Waals surface area contributed by atoms with Gasteiger partial charge in [0.05, 0.1) is 11.0 Å². The molecule has 2 bridgehead atoms. The summed E-state index contributed by atoms with van der Waals surface area (Å²) in [6.07, 6.45) is 6.25. The van der Waals surface area contributed by atoms with Crippen molar-refractivity contribution in [1.29, 1.82) is 0 Å². The van der Waals surface area contributed by atoms with Crippen molar-refractivity contribution in [3.8, 4) is 11.5 Å². The van der Waals surface area contributed by atoms with E-state index in [-0.39, 0.29) is 11.8 Å². The first-order valence-corrected chi connectivity index (χ1v) is 11.1. The molecule has 0 amide bonds. The number of nitrogens with zero attached hydrogens (tertiary/aromatic N) is 1. The summed E-state index contributed by atoms with van der Waals surface area (Å²) in [4.78, 5) is 2.55. The Morgan fingerprint density at radius 2 is 1.97 bits per heavy atom. The number of hydrogen-bond donors (Lipinski definition) is 2. The Hall–Kier alpha value is -1.34. The van der Waals surface area contributed by atoms with Gasteiger partial charge >= 0.3 is 0 Å². The van der Waals surface area contributed by atoms with E-state index in [4.69, 9.17) is 14.2 Å². The summed E-state index contributed by atoms with van der Waals surface area (Å²) in [5.74, 6) is 0.511. The molecule has 6 heteroatoms. The van der Waals surface area contributed by atoms with Crippen LogP contribution in [-0.4, -0.2) is 66.0 Å². The number of hydrogen-bond acceptors (Lipinski definition) is 6. The number of methoxy groups -OCH3 is 2. The van der Waals surface area contributed by atoms with E-state index in [9.17, 15) is 10.2 Å². The molecule has 5 aliphatic rings. The Morgan fingerprint density at radius 3 is 2.66 bits per heavy atom. The number of piperidine rings is 1. The monoisotopic (exact) mass is 401 g/mol. The Kier molecular flexibility index (Phi) is 3.73. The molecule has 1 aromatic carbocycles. The van der Waals surface area contributed by atoms with Crippen LogP contribution in [0.2, 0.25) is 0 Å². The average Bonchev–Trinajstić information content (AvgIpc) is 3.04. The van der Waals surface area contributed by atoms with Crippen molar-refractivity contribution >= 4 is 0 Å². The van der Waals surface area contributed by atoms with E-state index < -0.39 is 22.9 Å². The van der Waals surface area contributed by atoms with Gasteiger partial charge in [0.15, 0.2) is 17.6 Å². The fraction of sp³-hybridized carbons (Fsp3) is 0.739. The molecule has 1 spiro atoms. The van der Waals surface area contributed by atoms with Gasteiger partial charge in [-0.25, -0.2) is 0 Å². The molecule has 6 nitrogen and oxygen atoms in total. The van der Waals surface area contributed by atoms with Crippen LogP contribution in [0.5, 0.6) is 11.5 Å². The minimum atomic E-state index is -0.924. The third kappa shape index (κ3) is 2.02. The molecule has 2 aliphatic heterocycles. The van der Waals surface area contributed by atoms with E-state index in [2.05, 4.69) is 4.90 Å². The molecule has 1 saturated heterocycles. The third-order valence-corrected chi connectivity index (χ3v) is 8.99. The summed E-state index contributed by atoms with van der Waals surface area (Å²) in [6.45, 7) is 2.01. The molecule has 0 aromatic heterocycles. The fourth-order valence-electron chi connectivity index (χ4n) is 7.32. The topological polar surface area (TPSA) is 71.4 Å². The number of ether oxygens (including phenoxy) is 3. The van der Waals surface area contributed by atoms with E-state index in [0.29, 0.717) is 18.6 Å². The number of likely N-dealkylation sites (tertiary alicyclic amines) is 1. The molecule has 3 fully saturated rings. The summed E-state index contributed by atoms with van der Waals surface area (Å²) in [7, 11) is 3.31. The second-order valence-corrected chi connectivity index (χ2v) is 9.82. The summed E-state index contributed by atoms with van der Waals surface area (Å²) < 4.78 is 18.3. The standard InChI is InChI=1S/C23H31NO5/c1-27-23(28-2)9-8-22(26)17-12-15-6-7-16(25)19-18(15)21(22,20(23)29-19)10-11-24(17)13-14-4-3-5-14/h6-7,14,17,20,25-26H,3-5,8-13H2,1-2H3/t17-,20?,21+,22-/m1/s1. The van der Waals surface area contributed by atoms with Crippen LogP contribution < -0.4 is 4.74 Å². The highest BCUT2D eigenvalue weighted by Gasteiger charge is 2.76. The predicted octanol–water partition coefficient (Wildman–Crippen LogP) is 2.34. The van der Waals surface area contributed by atoms with Gasteiger partial charge in [0, 0.05) is 38.8 Å². The van der Waals surface area contributed by atoms with Crippen molar-refractivity contribution in [3.05, 3.63) is 23.3 Å². The Labute approximate surface area is 171 Å². The highest BCUT2D eigenvalue weighted by molar-refractivity contribution is 5.62. The van der Waals surface area contributed by atoms with Gasteiger partial charge in [-0.05, 0) is 56.2 Å². The lowest BCUT2D eigenvalue weighted by atomic mass is 9.48. The van der Waals surface area contributed by atoms with E-state index >= 15 is 0 Å². The number of aliphatic hydroxyl groups is 1. The quantitative estimate of drug-likeness (QED) is 0.755. The summed E-state index contributed by atoms with van der Waals surface area (Å²) >= 11 is 0. The minimum Gasteiger partial charge on any atom is -0.504 e. The molecule has 0 radical (unpaired) electrons. The zero-order valence-corrected chi connectivity index (χ0v) is 17.3. The lowest BCUT2D eigenvalue weighted by molar-refractivity contribution is -0.319. The van der Waals surface area contributed by atoms with Gasteiger partial charge in [-0.2, -0.15) is 0 Å². The SMILES string of the molecule is COC1(OC)CC[C@@]2(O)[C@H]3Cc4ccc(O)c5c4[C@@]2(CCN3CC2CCC2)C1O5. The second-order valence-electron chi connectivity index (χ2n) is 9.82. The van der Waals surface area contributed by atoms with E-state index in [1.807, 2.05) is 6.07 Å². The van der Waals surface area contributed by atoms with Crippen molar-refractivity contribution in [2.75, 3.05) is 27.3 Å². The van der Waals surface area contributed by atoms with Crippen molar-refractivity contribution in [1.82, 2.24) is 4.90 Å². The van der Waals surface area contributed by atoms with Gasteiger partial charge in [0.2, 0.25) is 5.79 Å². The van der Waals surface area contributed by atoms with Crippen LogP contribution in [-0.2, 0) is 21.3 Å².